The number of carbonyl (C=O) groups is 3. The number of nitrogens with zero attached hydrogens (tertiary/aromatic N) is 2. The van der Waals surface area contributed by atoms with Gasteiger partial charge in [-0.2, -0.15) is 0 Å². The van der Waals surface area contributed by atoms with Gasteiger partial charge in [-0.25, -0.2) is 0 Å². The van der Waals surface area contributed by atoms with E-state index in [9.17, 15) is 14.4 Å². The van der Waals surface area contributed by atoms with E-state index in [1.165, 1.54) is 18.0 Å². The molecule has 0 radical (unpaired) electrons. The molecular formula is C20H21N3O4S. The molecule has 4 rings (SSSR count). The van der Waals surface area contributed by atoms with Crippen LogP contribution in [-0.2, 0) is 9.59 Å². The van der Waals surface area contributed by atoms with Gasteiger partial charge >= 0.3 is 0 Å². The van der Waals surface area contributed by atoms with Gasteiger partial charge in [-0.05, 0) is 37.1 Å². The monoisotopic (exact) mass is 399 g/mol. The lowest BCUT2D eigenvalue weighted by atomic mass is 10.0. The summed E-state index contributed by atoms with van der Waals surface area (Å²) in [7, 11) is 0. The summed E-state index contributed by atoms with van der Waals surface area (Å²) in [5.41, 5.74) is 0.790. The average Bonchev–Trinajstić information content (AvgIpc) is 3.25. The summed E-state index contributed by atoms with van der Waals surface area (Å²) in [4.78, 5) is 41.4. The first kappa shape index (κ1) is 18.6. The SMILES string of the molecule is O=C(CN1C(=O)CSc2ccccc21)NC1CCN(C(=O)c2ccco2)CC1. The van der Waals surface area contributed by atoms with Crippen LogP contribution in [0.15, 0.2) is 52.0 Å². The standard InChI is InChI=1S/C20H21N3O4S/c24-18(12-23-15-4-1-2-6-17(15)28-13-19(23)25)21-14-7-9-22(10-8-14)20(26)16-5-3-11-27-16/h1-6,11,14H,7-10,12-13H2,(H,21,24). The molecule has 8 heteroatoms. The molecule has 3 heterocycles. The van der Waals surface area contributed by atoms with E-state index in [4.69, 9.17) is 4.42 Å². The van der Waals surface area contributed by atoms with Crippen LogP contribution in [0.1, 0.15) is 23.4 Å². The van der Waals surface area contributed by atoms with Crippen molar-refractivity contribution in [2.24, 2.45) is 0 Å². The smallest absolute Gasteiger partial charge is 0.289 e. The second-order valence-corrected chi connectivity index (χ2v) is 7.86. The Balaban J connectivity index is 1.31. The van der Waals surface area contributed by atoms with Gasteiger partial charge < -0.3 is 19.5 Å². The first-order chi connectivity index (χ1) is 13.6. The number of hydrogen-bond acceptors (Lipinski definition) is 5. The summed E-state index contributed by atoms with van der Waals surface area (Å²) in [5, 5.41) is 3.01. The molecule has 0 saturated carbocycles. The van der Waals surface area contributed by atoms with Gasteiger partial charge in [0.25, 0.3) is 5.91 Å². The van der Waals surface area contributed by atoms with Crippen LogP contribution in [0.4, 0.5) is 5.69 Å². The lowest BCUT2D eigenvalue weighted by Crippen LogP contribution is -2.50. The van der Waals surface area contributed by atoms with Gasteiger partial charge in [0.15, 0.2) is 5.76 Å². The highest BCUT2D eigenvalue weighted by Gasteiger charge is 2.29. The molecule has 0 aliphatic carbocycles. The number of carbonyl (C=O) groups excluding carboxylic acids is 3. The Hall–Kier alpha value is -2.74. The summed E-state index contributed by atoms with van der Waals surface area (Å²) < 4.78 is 5.16. The minimum atomic E-state index is -0.175. The molecule has 3 amide bonds. The molecule has 0 atom stereocenters. The van der Waals surface area contributed by atoms with Gasteiger partial charge in [-0.1, -0.05) is 12.1 Å². The number of nitrogens with one attached hydrogen (secondary N) is 1. The molecular weight excluding hydrogens is 378 g/mol. The highest BCUT2D eigenvalue weighted by Crippen LogP contribution is 2.34. The van der Waals surface area contributed by atoms with Crippen molar-refractivity contribution in [3.05, 3.63) is 48.4 Å². The maximum atomic E-state index is 12.5. The Bertz CT molecular complexity index is 875. The van der Waals surface area contributed by atoms with Crippen molar-refractivity contribution in [1.29, 1.82) is 0 Å². The van der Waals surface area contributed by atoms with E-state index < -0.39 is 0 Å². The molecule has 2 aliphatic heterocycles. The molecule has 2 aromatic rings. The topological polar surface area (TPSA) is 82.9 Å². The van der Waals surface area contributed by atoms with Crippen molar-refractivity contribution in [1.82, 2.24) is 10.2 Å². The van der Waals surface area contributed by atoms with E-state index >= 15 is 0 Å². The number of hydrogen-bond donors (Lipinski definition) is 1. The highest BCUT2D eigenvalue weighted by molar-refractivity contribution is 8.00. The number of furan rings is 1. The summed E-state index contributed by atoms with van der Waals surface area (Å²) in [6, 6.07) is 11.0. The Morgan fingerprint density at radius 1 is 1.14 bits per heavy atom. The van der Waals surface area contributed by atoms with Crippen LogP contribution in [0.3, 0.4) is 0 Å². The summed E-state index contributed by atoms with van der Waals surface area (Å²) in [6.45, 7) is 1.14. The zero-order valence-corrected chi connectivity index (χ0v) is 16.1. The van der Waals surface area contributed by atoms with Gasteiger partial charge in [-0.3, -0.25) is 14.4 Å². The second-order valence-electron chi connectivity index (χ2n) is 6.85. The predicted octanol–water partition coefficient (Wildman–Crippen LogP) is 2.14. The van der Waals surface area contributed by atoms with Crippen molar-refractivity contribution in [2.45, 2.75) is 23.8 Å². The molecule has 1 saturated heterocycles. The maximum Gasteiger partial charge on any atom is 0.289 e. The number of rotatable bonds is 4. The largest absolute Gasteiger partial charge is 0.459 e. The summed E-state index contributed by atoms with van der Waals surface area (Å²) in [6.07, 6.45) is 2.84. The van der Waals surface area contributed by atoms with Crippen LogP contribution in [-0.4, -0.2) is 54.1 Å². The van der Waals surface area contributed by atoms with E-state index in [1.807, 2.05) is 24.3 Å². The Morgan fingerprint density at radius 3 is 2.68 bits per heavy atom. The third-order valence-electron chi connectivity index (χ3n) is 4.99. The normalized spacial score (nSPS) is 17.4. The zero-order chi connectivity index (χ0) is 19.5. The number of amides is 3. The quantitative estimate of drug-likeness (QED) is 0.852. The molecule has 1 N–H and O–H groups in total. The van der Waals surface area contributed by atoms with Gasteiger partial charge in [-0.15, -0.1) is 11.8 Å². The lowest BCUT2D eigenvalue weighted by Gasteiger charge is -2.33. The number of thioether (sulfide) groups is 1. The fourth-order valence-electron chi connectivity index (χ4n) is 3.53. The van der Waals surface area contributed by atoms with Crippen molar-refractivity contribution in [3.8, 4) is 0 Å². The van der Waals surface area contributed by atoms with Crippen LogP contribution < -0.4 is 10.2 Å². The number of para-hydroxylation sites is 1. The first-order valence-corrected chi connectivity index (χ1v) is 10.2. The molecule has 28 heavy (non-hydrogen) atoms. The molecule has 2 aliphatic rings. The fourth-order valence-corrected chi connectivity index (χ4v) is 4.46. The molecule has 7 nitrogen and oxygen atoms in total. The van der Waals surface area contributed by atoms with Crippen LogP contribution in [0, 0.1) is 0 Å². The van der Waals surface area contributed by atoms with Gasteiger partial charge in [0.1, 0.15) is 6.54 Å². The van der Waals surface area contributed by atoms with Crippen molar-refractivity contribution in [3.63, 3.8) is 0 Å². The average molecular weight is 399 g/mol. The minimum absolute atomic E-state index is 0.00216. The third kappa shape index (κ3) is 3.91. The van der Waals surface area contributed by atoms with Gasteiger partial charge in [0.2, 0.25) is 11.8 Å². The van der Waals surface area contributed by atoms with Crippen LogP contribution >= 0.6 is 11.8 Å². The number of piperidine rings is 1. The van der Waals surface area contributed by atoms with Gasteiger partial charge in [0.05, 0.1) is 17.7 Å². The van der Waals surface area contributed by atoms with E-state index in [-0.39, 0.29) is 30.3 Å². The van der Waals surface area contributed by atoms with Crippen LogP contribution in [0.2, 0.25) is 0 Å². The number of likely N-dealkylation sites (tertiary alicyclic amines) is 1. The maximum absolute atomic E-state index is 12.5. The van der Waals surface area contributed by atoms with Crippen LogP contribution in [0.25, 0.3) is 0 Å². The first-order valence-electron chi connectivity index (χ1n) is 9.26. The highest BCUT2D eigenvalue weighted by atomic mass is 32.2. The molecule has 0 bridgehead atoms. The number of anilines is 1. The van der Waals surface area contributed by atoms with E-state index in [0.717, 1.165) is 10.6 Å². The molecule has 0 unspecified atom stereocenters. The third-order valence-corrected chi connectivity index (χ3v) is 6.04. The number of benzene rings is 1. The predicted molar refractivity (Wildman–Crippen MR) is 105 cm³/mol. The number of fused-ring (bicyclic) bond motifs is 1. The molecule has 146 valence electrons. The summed E-state index contributed by atoms with van der Waals surface area (Å²) >= 11 is 1.50. The molecule has 1 fully saturated rings. The molecule has 1 aromatic heterocycles. The Kier molecular flexibility index (Phi) is 5.38. The fraction of sp³-hybridized carbons (Fsp3) is 0.350. The second kappa shape index (κ2) is 8.10. The van der Waals surface area contributed by atoms with E-state index in [1.54, 1.807) is 21.9 Å². The zero-order valence-electron chi connectivity index (χ0n) is 15.3. The van der Waals surface area contributed by atoms with E-state index in [2.05, 4.69) is 5.32 Å². The van der Waals surface area contributed by atoms with Crippen molar-refractivity contribution >= 4 is 35.2 Å². The molecule has 0 spiro atoms. The molecule has 1 aromatic carbocycles. The summed E-state index contributed by atoms with van der Waals surface area (Å²) in [5.74, 6) is 0.325. The van der Waals surface area contributed by atoms with Crippen molar-refractivity contribution < 1.29 is 18.8 Å². The lowest BCUT2D eigenvalue weighted by molar-refractivity contribution is -0.123. The minimum Gasteiger partial charge on any atom is -0.459 e. The Morgan fingerprint density at radius 2 is 1.93 bits per heavy atom. The Labute approximate surface area is 167 Å². The van der Waals surface area contributed by atoms with Crippen molar-refractivity contribution in [2.75, 3.05) is 30.3 Å². The van der Waals surface area contributed by atoms with Gasteiger partial charge in [0, 0.05) is 24.0 Å². The van der Waals surface area contributed by atoms with Crippen LogP contribution in [0.5, 0.6) is 0 Å². The van der Waals surface area contributed by atoms with E-state index in [0.29, 0.717) is 37.4 Å².